The van der Waals surface area contributed by atoms with Crippen LogP contribution in [0.25, 0.3) is 0 Å². The standard InChI is InChI=1S/C63H78O16/c1-9-14-18-72-60-47-24-43(37-76-55(66)13-5)25-48(60)33-53-30-46(40-79-59(70)36-56(67)71-8)31-54(63(53)75-21-17-12-4)35-52-29-45(39-78-58(69)23-42(7)65)28-51(62(52)74-20-16-11-3)34-50-27-44(38-77-57(68)22-41(6)64)26-49(32-47)61(50)73-19-15-10-2/h13,24-31H,5,9-12,14-23,32-40H2,1-4,6-8H3. The topological polar surface area (TPSA) is 203 Å². The summed E-state index contributed by atoms with van der Waals surface area (Å²) in [5.41, 5.74) is 8.29. The summed E-state index contributed by atoms with van der Waals surface area (Å²) in [6, 6.07) is 15.4. The van der Waals surface area contributed by atoms with Gasteiger partial charge in [-0.2, -0.15) is 0 Å². The van der Waals surface area contributed by atoms with Crippen molar-refractivity contribution in [2.24, 2.45) is 0 Å². The largest absolute Gasteiger partial charge is 0.493 e. The van der Waals surface area contributed by atoms with E-state index in [0.29, 0.717) is 88.4 Å². The monoisotopic (exact) mass is 1090 g/mol. The summed E-state index contributed by atoms with van der Waals surface area (Å²) in [4.78, 5) is 87.8. The van der Waals surface area contributed by atoms with Gasteiger partial charge in [0.05, 0.1) is 33.5 Å². The van der Waals surface area contributed by atoms with E-state index in [1.54, 1.807) is 0 Å². The van der Waals surface area contributed by atoms with Crippen LogP contribution in [-0.4, -0.2) is 75.0 Å². The normalized spacial score (nSPS) is 11.6. The van der Waals surface area contributed by atoms with Crippen molar-refractivity contribution in [2.75, 3.05) is 33.5 Å². The van der Waals surface area contributed by atoms with Crippen molar-refractivity contribution in [2.45, 2.75) is 164 Å². The highest BCUT2D eigenvalue weighted by molar-refractivity contribution is 5.94. The highest BCUT2D eigenvalue weighted by atomic mass is 16.6. The van der Waals surface area contributed by atoms with Gasteiger partial charge in [-0.15, -0.1) is 0 Å². The van der Waals surface area contributed by atoms with Crippen LogP contribution in [0.15, 0.2) is 61.2 Å². The number of fused-ring (bicyclic) bond motifs is 8. The van der Waals surface area contributed by atoms with Crippen LogP contribution in [0.5, 0.6) is 23.0 Å². The molecule has 79 heavy (non-hydrogen) atoms. The predicted molar refractivity (Wildman–Crippen MR) is 295 cm³/mol. The SMILES string of the molecule is C=CC(=O)OCc1cc2c(OCCCC)c(c1)Cc1cc(COC(=O)CC(=O)OC)cc(c1OCCCC)Cc1cc(COC(=O)CC(C)=O)cc(c1OCCCC)Cc1cc(COC(=O)CC(C)=O)cc(c1OCCCC)C2. The molecule has 1 aliphatic rings. The zero-order chi connectivity index (χ0) is 57.3. The number of hydrogen-bond donors (Lipinski definition) is 0. The first-order valence-corrected chi connectivity index (χ1v) is 27.5. The predicted octanol–water partition coefficient (Wildman–Crippen LogP) is 11.0. The number of carbonyl (C=O) groups excluding carboxylic acids is 7. The summed E-state index contributed by atoms with van der Waals surface area (Å²) in [6.45, 7) is 15.4. The minimum Gasteiger partial charge on any atom is -0.493 e. The van der Waals surface area contributed by atoms with Gasteiger partial charge in [-0.1, -0.05) is 60.0 Å². The van der Waals surface area contributed by atoms with Crippen LogP contribution >= 0.6 is 0 Å². The van der Waals surface area contributed by atoms with Crippen LogP contribution in [-0.2, 0) is 109 Å². The number of Topliss-reactive ketones (excluding diaryl/α,β-unsaturated/α-hetero) is 2. The Bertz CT molecular complexity index is 2790. The lowest BCUT2D eigenvalue weighted by molar-refractivity contribution is -0.154. The number of ether oxygens (including phenoxy) is 9. The fourth-order valence-corrected chi connectivity index (χ4v) is 8.98. The second-order valence-corrected chi connectivity index (χ2v) is 19.8. The van der Waals surface area contributed by atoms with Gasteiger partial charge < -0.3 is 42.6 Å². The molecule has 0 saturated carbocycles. The molecule has 4 aromatic rings. The fraction of sp³-hybridized carbons (Fsp3) is 0.476. The van der Waals surface area contributed by atoms with Crippen molar-refractivity contribution in [1.82, 2.24) is 0 Å². The summed E-state index contributed by atoms with van der Waals surface area (Å²) in [6.07, 6.45) is 6.94. The van der Waals surface area contributed by atoms with Crippen LogP contribution in [0.3, 0.4) is 0 Å². The van der Waals surface area contributed by atoms with Crippen molar-refractivity contribution in [3.8, 4) is 23.0 Å². The Morgan fingerprint density at radius 2 is 0.658 bits per heavy atom. The Balaban J connectivity index is 1.95. The second kappa shape index (κ2) is 32.4. The van der Waals surface area contributed by atoms with Gasteiger partial charge in [0.1, 0.15) is 80.3 Å². The van der Waals surface area contributed by atoms with E-state index in [1.165, 1.54) is 21.0 Å². The Morgan fingerprint density at radius 3 is 0.886 bits per heavy atom. The first kappa shape index (κ1) is 62.4. The molecule has 0 heterocycles. The number of esters is 5. The molecule has 0 fully saturated rings. The van der Waals surface area contributed by atoms with Crippen LogP contribution in [0.1, 0.15) is 179 Å². The molecule has 426 valence electrons. The van der Waals surface area contributed by atoms with Gasteiger partial charge in [-0.3, -0.25) is 28.8 Å². The number of carbonyl (C=O) groups is 7. The maximum absolute atomic E-state index is 13.0. The molecule has 0 atom stereocenters. The van der Waals surface area contributed by atoms with Crippen LogP contribution in [0, 0.1) is 0 Å². The van der Waals surface area contributed by atoms with Gasteiger partial charge in [0, 0.05) is 31.8 Å². The van der Waals surface area contributed by atoms with E-state index in [4.69, 9.17) is 42.6 Å². The van der Waals surface area contributed by atoms with E-state index in [0.717, 1.165) is 85.3 Å². The van der Waals surface area contributed by atoms with E-state index in [9.17, 15) is 33.6 Å². The molecular formula is C63H78O16. The lowest BCUT2D eigenvalue weighted by atomic mass is 9.88. The Kier molecular flexibility index (Phi) is 25.6. The average Bonchev–Trinajstić information content (AvgIpc) is 3.45. The lowest BCUT2D eigenvalue weighted by Gasteiger charge is -2.25. The number of ketones is 2. The molecule has 5 rings (SSSR count). The smallest absolute Gasteiger partial charge is 0.330 e. The number of hydrogen-bond acceptors (Lipinski definition) is 16. The maximum atomic E-state index is 13.0. The second-order valence-electron chi connectivity index (χ2n) is 19.8. The third-order valence-corrected chi connectivity index (χ3v) is 12.8. The summed E-state index contributed by atoms with van der Waals surface area (Å²) in [5, 5.41) is 0. The molecule has 0 spiro atoms. The molecule has 16 nitrogen and oxygen atoms in total. The van der Waals surface area contributed by atoms with Gasteiger partial charge in [0.15, 0.2) is 0 Å². The Labute approximate surface area is 464 Å². The minimum absolute atomic E-state index is 0.0967. The van der Waals surface area contributed by atoms with Gasteiger partial charge in [0.2, 0.25) is 0 Å². The van der Waals surface area contributed by atoms with E-state index < -0.39 is 42.7 Å². The van der Waals surface area contributed by atoms with Crippen molar-refractivity contribution >= 4 is 41.4 Å². The molecule has 0 radical (unpaired) electrons. The molecule has 0 unspecified atom stereocenters. The first-order valence-electron chi connectivity index (χ1n) is 27.5. The lowest BCUT2D eigenvalue weighted by Crippen LogP contribution is -2.14. The maximum Gasteiger partial charge on any atom is 0.330 e. The number of unbranched alkanes of at least 4 members (excludes halogenated alkanes) is 4. The first-order chi connectivity index (χ1) is 38.1. The van der Waals surface area contributed by atoms with E-state index in [2.05, 4.69) is 34.3 Å². The molecule has 1 aliphatic carbocycles. The number of benzene rings is 4. The number of rotatable bonds is 31. The van der Waals surface area contributed by atoms with Crippen molar-refractivity contribution in [3.05, 3.63) is 128 Å². The zero-order valence-electron chi connectivity index (χ0n) is 47.2. The minimum atomic E-state index is -0.771. The van der Waals surface area contributed by atoms with Gasteiger partial charge in [-0.05, 0) is 155 Å². The molecule has 0 aromatic heterocycles. The van der Waals surface area contributed by atoms with Gasteiger partial charge in [-0.25, -0.2) is 4.79 Å². The summed E-state index contributed by atoms with van der Waals surface area (Å²) in [7, 11) is 1.20. The molecule has 0 aliphatic heterocycles. The summed E-state index contributed by atoms with van der Waals surface area (Å²) in [5.74, 6) is -1.79. The number of methoxy groups -OCH3 is 1. The van der Waals surface area contributed by atoms with Crippen molar-refractivity contribution in [3.63, 3.8) is 0 Å². The highest BCUT2D eigenvalue weighted by Gasteiger charge is 2.26. The van der Waals surface area contributed by atoms with Crippen LogP contribution in [0.4, 0.5) is 0 Å². The third-order valence-electron chi connectivity index (χ3n) is 12.8. The Hall–Kier alpha value is -7.49. The summed E-state index contributed by atoms with van der Waals surface area (Å²) >= 11 is 0. The molecule has 0 amide bonds. The van der Waals surface area contributed by atoms with Crippen LogP contribution in [0.2, 0.25) is 0 Å². The van der Waals surface area contributed by atoms with E-state index in [-0.39, 0.29) is 70.1 Å². The fourth-order valence-electron chi connectivity index (χ4n) is 8.98. The van der Waals surface area contributed by atoms with E-state index >= 15 is 0 Å². The van der Waals surface area contributed by atoms with E-state index in [1.807, 2.05) is 48.5 Å². The zero-order valence-corrected chi connectivity index (χ0v) is 47.2. The average molecular weight is 1090 g/mol. The molecule has 16 heteroatoms. The van der Waals surface area contributed by atoms with Crippen LogP contribution < -0.4 is 18.9 Å². The quantitative estimate of drug-likeness (QED) is 0.0133. The molecule has 0 saturated heterocycles. The molecule has 8 bridgehead atoms. The van der Waals surface area contributed by atoms with Gasteiger partial charge >= 0.3 is 29.8 Å². The van der Waals surface area contributed by atoms with Crippen molar-refractivity contribution < 1.29 is 76.2 Å². The molecule has 0 N–H and O–H groups in total. The van der Waals surface area contributed by atoms with Gasteiger partial charge in [0.25, 0.3) is 0 Å². The Morgan fingerprint density at radius 1 is 0.405 bits per heavy atom. The molecule has 4 aromatic carbocycles. The highest BCUT2D eigenvalue weighted by Crippen LogP contribution is 2.42. The summed E-state index contributed by atoms with van der Waals surface area (Å²) < 4.78 is 55.1. The molecular weight excluding hydrogens is 1010 g/mol. The third kappa shape index (κ3) is 20.0. The van der Waals surface area contributed by atoms with Crippen molar-refractivity contribution in [1.29, 1.82) is 0 Å².